The summed E-state index contributed by atoms with van der Waals surface area (Å²) in [4.78, 5) is 18.2. The Morgan fingerprint density at radius 1 is 1.03 bits per heavy atom. The molecule has 0 spiro atoms. The molecule has 0 fully saturated rings. The van der Waals surface area contributed by atoms with E-state index in [0.717, 1.165) is 47.1 Å². The van der Waals surface area contributed by atoms with E-state index in [1.165, 1.54) is 5.56 Å². The Morgan fingerprint density at radius 2 is 1.83 bits per heavy atom. The summed E-state index contributed by atoms with van der Waals surface area (Å²) in [6, 6.07) is 18.1. The summed E-state index contributed by atoms with van der Waals surface area (Å²) < 4.78 is 7.93. The van der Waals surface area contributed by atoms with Gasteiger partial charge >= 0.3 is 0 Å². The molecular weight excluding hydrogens is 374 g/mol. The number of hydrogen-bond acceptors (Lipinski definition) is 4. The molecule has 30 heavy (non-hydrogen) atoms. The highest BCUT2D eigenvalue weighted by atomic mass is 16.5. The number of carbonyl (C=O) groups is 1. The molecule has 0 bridgehead atoms. The molecule has 150 valence electrons. The van der Waals surface area contributed by atoms with Crippen LogP contribution in [0.2, 0.25) is 0 Å². The van der Waals surface area contributed by atoms with E-state index in [-0.39, 0.29) is 5.78 Å². The van der Waals surface area contributed by atoms with E-state index in [2.05, 4.69) is 17.2 Å². The Balaban J connectivity index is 1.62. The Labute approximate surface area is 175 Å². The lowest BCUT2D eigenvalue weighted by Crippen LogP contribution is -2.11. The molecule has 5 rings (SSSR count). The van der Waals surface area contributed by atoms with Gasteiger partial charge in [-0.25, -0.2) is 9.67 Å². The molecule has 5 heteroatoms. The zero-order valence-electron chi connectivity index (χ0n) is 17.0. The fourth-order valence-corrected chi connectivity index (χ4v) is 4.22. The minimum atomic E-state index is -0.0308. The molecule has 0 N–H and O–H groups in total. The summed E-state index contributed by atoms with van der Waals surface area (Å²) in [6.07, 6.45) is 4.19. The summed E-state index contributed by atoms with van der Waals surface area (Å²) in [6.45, 7) is 3.18. The number of hydrogen-bond donors (Lipinski definition) is 0. The smallest absolute Gasteiger partial charge is 0.212 e. The van der Waals surface area contributed by atoms with Crippen LogP contribution in [0.1, 0.15) is 39.7 Å². The summed E-state index contributed by atoms with van der Waals surface area (Å²) in [5, 5.41) is 5.46. The quantitative estimate of drug-likeness (QED) is 0.501. The van der Waals surface area contributed by atoms with Crippen molar-refractivity contribution >= 4 is 16.8 Å². The third-order valence-corrected chi connectivity index (χ3v) is 5.70. The van der Waals surface area contributed by atoms with Gasteiger partial charge in [-0.3, -0.25) is 4.79 Å². The van der Waals surface area contributed by atoms with Gasteiger partial charge < -0.3 is 4.74 Å². The van der Waals surface area contributed by atoms with Crippen LogP contribution >= 0.6 is 0 Å². The van der Waals surface area contributed by atoms with Crippen molar-refractivity contribution in [2.75, 3.05) is 6.61 Å². The Bertz CT molecular complexity index is 1230. The number of rotatable bonds is 5. The lowest BCUT2D eigenvalue weighted by molar-refractivity contribution is 0.103. The van der Waals surface area contributed by atoms with Crippen molar-refractivity contribution in [3.05, 3.63) is 88.7 Å². The highest BCUT2D eigenvalue weighted by Gasteiger charge is 2.28. The van der Waals surface area contributed by atoms with E-state index in [4.69, 9.17) is 9.72 Å². The van der Waals surface area contributed by atoms with E-state index in [1.54, 1.807) is 0 Å². The van der Waals surface area contributed by atoms with Crippen LogP contribution in [0.3, 0.4) is 0 Å². The first kappa shape index (κ1) is 18.6. The molecule has 4 aromatic rings. The summed E-state index contributed by atoms with van der Waals surface area (Å²) in [5.74, 6) is 0.723. The predicted molar refractivity (Wildman–Crippen MR) is 116 cm³/mol. The molecule has 0 atom stereocenters. The van der Waals surface area contributed by atoms with Gasteiger partial charge in [-0.15, -0.1) is 0 Å². The minimum absolute atomic E-state index is 0.0308. The number of ketones is 1. The first-order chi connectivity index (χ1) is 14.8. The van der Waals surface area contributed by atoms with Crippen LogP contribution in [0.4, 0.5) is 0 Å². The van der Waals surface area contributed by atoms with Gasteiger partial charge in [-0.1, -0.05) is 54.6 Å². The van der Waals surface area contributed by atoms with Gasteiger partial charge in [0.15, 0.2) is 5.65 Å². The Morgan fingerprint density at radius 3 is 2.67 bits per heavy atom. The minimum Gasteiger partial charge on any atom is -0.493 e. The van der Waals surface area contributed by atoms with Crippen molar-refractivity contribution in [2.45, 2.75) is 32.7 Å². The van der Waals surface area contributed by atoms with Gasteiger partial charge in [-0.2, -0.15) is 5.10 Å². The molecule has 1 aliphatic carbocycles. The van der Waals surface area contributed by atoms with E-state index < -0.39 is 0 Å². The third-order valence-electron chi connectivity index (χ3n) is 5.70. The van der Waals surface area contributed by atoms with Crippen molar-refractivity contribution in [1.29, 1.82) is 0 Å². The number of pyridine rings is 1. The number of nitrogens with zero attached hydrogens (tertiary/aromatic N) is 3. The van der Waals surface area contributed by atoms with Gasteiger partial charge in [0.25, 0.3) is 0 Å². The van der Waals surface area contributed by atoms with E-state index in [1.807, 2.05) is 60.3 Å². The normalized spacial score (nSPS) is 13.0. The molecule has 0 unspecified atom stereocenters. The third kappa shape index (κ3) is 3.16. The number of fused-ring (bicyclic) bond motifs is 3. The van der Waals surface area contributed by atoms with Gasteiger partial charge in [0.2, 0.25) is 5.78 Å². The number of ether oxygens (including phenoxy) is 1. The molecule has 0 saturated heterocycles. The highest BCUT2D eigenvalue weighted by molar-refractivity contribution is 6.11. The largest absolute Gasteiger partial charge is 0.493 e. The zero-order chi connectivity index (χ0) is 20.5. The van der Waals surface area contributed by atoms with Crippen molar-refractivity contribution in [2.24, 2.45) is 0 Å². The number of carbonyl (C=O) groups excluding carboxylic acids is 1. The van der Waals surface area contributed by atoms with Crippen LogP contribution in [0.25, 0.3) is 11.0 Å². The van der Waals surface area contributed by atoms with Crippen LogP contribution in [0.5, 0.6) is 5.75 Å². The monoisotopic (exact) mass is 397 g/mol. The number of aryl methyl sites for hydroxylation is 3. The molecule has 0 amide bonds. The van der Waals surface area contributed by atoms with Crippen molar-refractivity contribution in [1.82, 2.24) is 14.8 Å². The van der Waals surface area contributed by atoms with Gasteiger partial charge in [0.1, 0.15) is 11.4 Å². The number of aromatic nitrogens is 3. The molecule has 5 nitrogen and oxygen atoms in total. The van der Waals surface area contributed by atoms with E-state index in [9.17, 15) is 4.79 Å². The average Bonchev–Trinajstić information content (AvgIpc) is 3.13. The molecule has 0 radical (unpaired) electrons. The van der Waals surface area contributed by atoms with Gasteiger partial charge in [-0.05, 0) is 37.3 Å². The first-order valence-electron chi connectivity index (χ1n) is 10.4. The second kappa shape index (κ2) is 7.75. The lowest BCUT2D eigenvalue weighted by atomic mass is 10.0. The molecular formula is C25H23N3O2. The molecule has 0 aliphatic heterocycles. The van der Waals surface area contributed by atoms with E-state index >= 15 is 0 Å². The molecule has 2 heterocycles. The fourth-order valence-electron chi connectivity index (χ4n) is 4.22. The Kier molecular flexibility index (Phi) is 4.79. The topological polar surface area (TPSA) is 57.0 Å². The van der Waals surface area contributed by atoms with Gasteiger partial charge in [0.05, 0.1) is 18.2 Å². The van der Waals surface area contributed by atoms with Crippen LogP contribution in [-0.2, 0) is 25.8 Å². The average molecular weight is 397 g/mol. The maximum absolute atomic E-state index is 13.4. The van der Waals surface area contributed by atoms with Crippen LogP contribution in [-0.4, -0.2) is 27.2 Å². The predicted octanol–water partition coefficient (Wildman–Crippen LogP) is 4.40. The van der Waals surface area contributed by atoms with Crippen LogP contribution in [0, 0.1) is 0 Å². The van der Waals surface area contributed by atoms with Crippen LogP contribution in [0.15, 0.2) is 60.8 Å². The fraction of sp³-hybridized carbons (Fsp3) is 0.240. The van der Waals surface area contributed by atoms with Crippen molar-refractivity contribution in [3.63, 3.8) is 0 Å². The molecule has 0 saturated carbocycles. The zero-order valence-corrected chi connectivity index (χ0v) is 17.0. The maximum atomic E-state index is 13.4. The van der Waals surface area contributed by atoms with E-state index in [0.29, 0.717) is 24.5 Å². The van der Waals surface area contributed by atoms with Crippen molar-refractivity contribution in [3.8, 4) is 5.75 Å². The summed E-state index contributed by atoms with van der Waals surface area (Å²) in [7, 11) is 0. The second-order valence-corrected chi connectivity index (χ2v) is 7.53. The van der Waals surface area contributed by atoms with Gasteiger partial charge in [0, 0.05) is 17.7 Å². The maximum Gasteiger partial charge on any atom is 0.212 e. The summed E-state index contributed by atoms with van der Waals surface area (Å²) in [5.41, 5.74) is 5.15. The second-order valence-electron chi connectivity index (χ2n) is 7.53. The first-order valence-corrected chi connectivity index (χ1v) is 10.4. The summed E-state index contributed by atoms with van der Waals surface area (Å²) >= 11 is 0. The molecule has 1 aliphatic rings. The number of benzene rings is 2. The molecule has 2 aromatic carbocycles. The SMILES string of the molecule is CCOc1c2c(nc3c1cnn3CCc1ccccc1)C(=O)c1ccccc1CC2. The highest BCUT2D eigenvalue weighted by Crippen LogP contribution is 2.35. The lowest BCUT2D eigenvalue weighted by Gasteiger charge is -2.13. The standard InChI is InChI=1S/C25H23N3O2/c1-2-30-24-20-13-12-18-10-6-7-11-19(18)23(29)22(20)27-25-21(24)16-26-28(25)15-14-17-8-4-3-5-9-17/h3-11,16H,2,12-15H2,1H3. The Hall–Kier alpha value is -3.47. The van der Waals surface area contributed by atoms with Crippen LogP contribution < -0.4 is 4.74 Å². The van der Waals surface area contributed by atoms with Crippen molar-refractivity contribution < 1.29 is 9.53 Å². The molecule has 2 aromatic heterocycles.